The Morgan fingerprint density at radius 3 is 2.00 bits per heavy atom. The number of hydrogen-bond acceptors (Lipinski definition) is 3. The number of rotatable bonds is 3. The lowest BCUT2D eigenvalue weighted by Gasteiger charge is -2.12. The topological polar surface area (TPSA) is 46.5 Å². The highest BCUT2D eigenvalue weighted by molar-refractivity contribution is 9.10. The van der Waals surface area contributed by atoms with Gasteiger partial charge in [0, 0.05) is 4.47 Å². The third-order valence-electron chi connectivity index (χ3n) is 2.83. The summed E-state index contributed by atoms with van der Waals surface area (Å²) in [6.45, 7) is 0. The van der Waals surface area contributed by atoms with Crippen molar-refractivity contribution in [3.05, 3.63) is 69.7 Å². The molecule has 0 fully saturated rings. The Hall–Kier alpha value is -1.65. The van der Waals surface area contributed by atoms with E-state index in [-0.39, 0.29) is 5.97 Å². The molecule has 3 nitrogen and oxygen atoms in total. The first-order chi connectivity index (χ1) is 9.11. The van der Waals surface area contributed by atoms with Crippen molar-refractivity contribution in [3.63, 3.8) is 0 Å². The van der Waals surface area contributed by atoms with E-state index in [4.69, 9.17) is 0 Å². The van der Waals surface area contributed by atoms with Crippen molar-refractivity contribution in [2.45, 2.75) is 6.10 Å². The lowest BCUT2D eigenvalue weighted by Crippen LogP contribution is -2.03. The molecule has 0 radical (unpaired) electrons. The van der Waals surface area contributed by atoms with Crippen LogP contribution in [0.3, 0.4) is 0 Å². The van der Waals surface area contributed by atoms with Crippen LogP contribution in [0.15, 0.2) is 53.0 Å². The number of esters is 1. The molecule has 0 aliphatic heterocycles. The predicted octanol–water partition coefficient (Wildman–Crippen LogP) is 3.32. The molecule has 98 valence electrons. The van der Waals surface area contributed by atoms with Crippen LogP contribution in [-0.2, 0) is 4.74 Å². The second-order valence-electron chi connectivity index (χ2n) is 4.07. The van der Waals surface area contributed by atoms with Gasteiger partial charge in [0.15, 0.2) is 0 Å². The fraction of sp³-hybridized carbons (Fsp3) is 0.133. The third kappa shape index (κ3) is 3.22. The first-order valence-electron chi connectivity index (χ1n) is 5.73. The van der Waals surface area contributed by atoms with Gasteiger partial charge in [0.2, 0.25) is 0 Å². The Morgan fingerprint density at radius 2 is 1.53 bits per heavy atom. The molecule has 0 saturated carbocycles. The van der Waals surface area contributed by atoms with Crippen molar-refractivity contribution in [1.82, 2.24) is 0 Å². The Morgan fingerprint density at radius 1 is 1.05 bits per heavy atom. The highest BCUT2D eigenvalue weighted by Crippen LogP contribution is 2.23. The Bertz CT molecular complexity index is 561. The fourth-order valence-electron chi connectivity index (χ4n) is 1.76. The molecule has 0 heterocycles. The maximum atomic E-state index is 11.3. The molecule has 2 aromatic carbocycles. The van der Waals surface area contributed by atoms with Gasteiger partial charge in [0.05, 0.1) is 12.7 Å². The molecule has 2 rings (SSSR count). The SMILES string of the molecule is COC(=O)c1ccc([C@@H](O)c2ccc(Br)cc2)cc1. The molecule has 0 unspecified atom stereocenters. The van der Waals surface area contributed by atoms with E-state index in [1.807, 2.05) is 24.3 Å². The molecule has 0 spiro atoms. The van der Waals surface area contributed by atoms with Crippen LogP contribution in [0.2, 0.25) is 0 Å². The molecule has 0 bridgehead atoms. The number of benzene rings is 2. The monoisotopic (exact) mass is 320 g/mol. The molecule has 0 saturated heterocycles. The number of carbonyl (C=O) groups is 1. The summed E-state index contributed by atoms with van der Waals surface area (Å²) in [7, 11) is 1.34. The van der Waals surface area contributed by atoms with Crippen LogP contribution in [0.1, 0.15) is 27.6 Å². The maximum absolute atomic E-state index is 11.3. The summed E-state index contributed by atoms with van der Waals surface area (Å²) in [6, 6.07) is 14.2. The zero-order valence-electron chi connectivity index (χ0n) is 10.3. The molecule has 4 heteroatoms. The minimum Gasteiger partial charge on any atom is -0.465 e. The number of ether oxygens (including phenoxy) is 1. The lowest BCUT2D eigenvalue weighted by molar-refractivity contribution is 0.0600. The van der Waals surface area contributed by atoms with E-state index >= 15 is 0 Å². The van der Waals surface area contributed by atoms with E-state index in [1.54, 1.807) is 24.3 Å². The van der Waals surface area contributed by atoms with Crippen molar-refractivity contribution >= 4 is 21.9 Å². The van der Waals surface area contributed by atoms with Crippen LogP contribution in [-0.4, -0.2) is 18.2 Å². The standard InChI is InChI=1S/C15H13BrO3/c1-19-15(18)12-4-2-10(3-5-12)14(17)11-6-8-13(16)9-7-11/h2-9,14,17H,1H3/t14-/m1/s1. The summed E-state index contributed by atoms with van der Waals surface area (Å²) in [5.74, 6) is -0.385. The number of carbonyl (C=O) groups excluding carboxylic acids is 1. The number of aliphatic hydroxyl groups excluding tert-OH is 1. The van der Waals surface area contributed by atoms with Crippen LogP contribution < -0.4 is 0 Å². The second kappa shape index (κ2) is 5.99. The van der Waals surface area contributed by atoms with Gasteiger partial charge < -0.3 is 9.84 Å². The van der Waals surface area contributed by atoms with Gasteiger partial charge in [-0.3, -0.25) is 0 Å². The van der Waals surface area contributed by atoms with Crippen LogP contribution in [0.25, 0.3) is 0 Å². The largest absolute Gasteiger partial charge is 0.465 e. The van der Waals surface area contributed by atoms with E-state index in [2.05, 4.69) is 20.7 Å². The average Bonchev–Trinajstić information content (AvgIpc) is 2.46. The predicted molar refractivity (Wildman–Crippen MR) is 76.0 cm³/mol. The van der Waals surface area contributed by atoms with Gasteiger partial charge in [-0.2, -0.15) is 0 Å². The summed E-state index contributed by atoms with van der Waals surface area (Å²) in [5.41, 5.74) is 2.00. The van der Waals surface area contributed by atoms with Crippen LogP contribution in [0.5, 0.6) is 0 Å². The molecule has 0 amide bonds. The summed E-state index contributed by atoms with van der Waals surface area (Å²) in [5, 5.41) is 10.2. The number of aliphatic hydroxyl groups is 1. The molecule has 19 heavy (non-hydrogen) atoms. The van der Waals surface area contributed by atoms with Crippen LogP contribution in [0.4, 0.5) is 0 Å². The van der Waals surface area contributed by atoms with Crippen molar-refractivity contribution < 1.29 is 14.6 Å². The van der Waals surface area contributed by atoms with E-state index in [9.17, 15) is 9.90 Å². The Balaban J connectivity index is 2.22. The van der Waals surface area contributed by atoms with E-state index in [0.29, 0.717) is 5.56 Å². The first-order valence-corrected chi connectivity index (χ1v) is 6.53. The summed E-state index contributed by atoms with van der Waals surface area (Å²) >= 11 is 3.35. The smallest absolute Gasteiger partial charge is 0.337 e. The van der Waals surface area contributed by atoms with E-state index in [1.165, 1.54) is 7.11 Å². The van der Waals surface area contributed by atoms with Crippen molar-refractivity contribution in [3.8, 4) is 0 Å². The average molecular weight is 321 g/mol. The molecular weight excluding hydrogens is 308 g/mol. The van der Waals surface area contributed by atoms with Gasteiger partial charge in [0.1, 0.15) is 6.10 Å². The normalized spacial score (nSPS) is 11.9. The van der Waals surface area contributed by atoms with Crippen LogP contribution >= 0.6 is 15.9 Å². The zero-order chi connectivity index (χ0) is 13.8. The van der Waals surface area contributed by atoms with Gasteiger partial charge in [-0.25, -0.2) is 4.79 Å². The molecule has 1 atom stereocenters. The third-order valence-corrected chi connectivity index (χ3v) is 3.36. The van der Waals surface area contributed by atoms with Crippen molar-refractivity contribution in [2.24, 2.45) is 0 Å². The number of halogens is 1. The molecule has 0 aromatic heterocycles. The first kappa shape index (κ1) is 13.8. The van der Waals surface area contributed by atoms with E-state index in [0.717, 1.165) is 15.6 Å². The molecule has 0 aliphatic rings. The Labute approximate surface area is 120 Å². The molecule has 1 N–H and O–H groups in total. The number of methoxy groups -OCH3 is 1. The maximum Gasteiger partial charge on any atom is 0.337 e. The lowest BCUT2D eigenvalue weighted by atomic mass is 10.0. The highest BCUT2D eigenvalue weighted by Gasteiger charge is 2.11. The summed E-state index contributed by atoms with van der Waals surface area (Å²) < 4.78 is 5.59. The fourth-order valence-corrected chi connectivity index (χ4v) is 2.02. The minimum atomic E-state index is -0.709. The summed E-state index contributed by atoms with van der Waals surface area (Å²) in [6.07, 6.45) is -0.709. The van der Waals surface area contributed by atoms with Crippen molar-refractivity contribution in [2.75, 3.05) is 7.11 Å². The minimum absolute atomic E-state index is 0.385. The molecule has 2 aromatic rings. The molecular formula is C15H13BrO3. The Kier molecular flexibility index (Phi) is 4.35. The number of hydrogen-bond donors (Lipinski definition) is 1. The highest BCUT2D eigenvalue weighted by atomic mass is 79.9. The zero-order valence-corrected chi connectivity index (χ0v) is 11.9. The second-order valence-corrected chi connectivity index (χ2v) is 4.98. The summed E-state index contributed by atoms with van der Waals surface area (Å²) in [4.78, 5) is 11.3. The van der Waals surface area contributed by atoms with Crippen LogP contribution in [0, 0.1) is 0 Å². The van der Waals surface area contributed by atoms with E-state index < -0.39 is 6.10 Å². The van der Waals surface area contributed by atoms with Gasteiger partial charge in [-0.1, -0.05) is 40.2 Å². The molecule has 0 aliphatic carbocycles. The van der Waals surface area contributed by atoms with Crippen molar-refractivity contribution in [1.29, 1.82) is 0 Å². The van der Waals surface area contributed by atoms with Gasteiger partial charge in [-0.15, -0.1) is 0 Å². The quantitative estimate of drug-likeness (QED) is 0.882. The van der Waals surface area contributed by atoms with Gasteiger partial charge in [0.25, 0.3) is 0 Å². The van der Waals surface area contributed by atoms with Gasteiger partial charge in [-0.05, 0) is 35.4 Å². The van der Waals surface area contributed by atoms with Gasteiger partial charge >= 0.3 is 5.97 Å².